The van der Waals surface area contributed by atoms with Gasteiger partial charge in [0.1, 0.15) is 10.6 Å². The molecule has 0 bridgehead atoms. The van der Waals surface area contributed by atoms with Crippen molar-refractivity contribution in [2.24, 2.45) is 0 Å². The van der Waals surface area contributed by atoms with Gasteiger partial charge in [-0.15, -0.1) is 0 Å². The molecule has 2 aromatic heterocycles. The van der Waals surface area contributed by atoms with Crippen molar-refractivity contribution in [3.63, 3.8) is 0 Å². The van der Waals surface area contributed by atoms with Crippen molar-refractivity contribution in [3.05, 3.63) is 35.5 Å². The predicted molar refractivity (Wildman–Crippen MR) is 60.8 cm³/mol. The molecule has 7 heteroatoms. The van der Waals surface area contributed by atoms with Crippen LogP contribution in [0, 0.1) is 13.8 Å². The molecule has 0 aliphatic rings. The molecular formula is C10H13N3O3S. The first-order valence-electron chi connectivity index (χ1n) is 5.05. The van der Waals surface area contributed by atoms with E-state index in [1.165, 1.54) is 0 Å². The van der Waals surface area contributed by atoms with Gasteiger partial charge in [-0.05, 0) is 26.0 Å². The molecule has 0 aliphatic carbocycles. The standard InChI is InChI=1S/C10H13N3O3S/c1-7-10(8(2)16-13-7)17(14,15)12-6-9-4-3-5-11-9/h3-5,11-12H,6H2,1-2H3. The van der Waals surface area contributed by atoms with Gasteiger partial charge in [0.15, 0.2) is 5.76 Å². The van der Waals surface area contributed by atoms with E-state index < -0.39 is 10.0 Å². The number of hydrogen-bond acceptors (Lipinski definition) is 4. The second-order valence-electron chi connectivity index (χ2n) is 3.67. The molecule has 17 heavy (non-hydrogen) atoms. The Kier molecular flexibility index (Phi) is 3.03. The fourth-order valence-electron chi connectivity index (χ4n) is 1.58. The van der Waals surface area contributed by atoms with E-state index in [9.17, 15) is 8.42 Å². The number of nitrogens with zero attached hydrogens (tertiary/aromatic N) is 1. The van der Waals surface area contributed by atoms with E-state index in [1.54, 1.807) is 32.2 Å². The smallest absolute Gasteiger partial charge is 0.246 e. The Bertz CT molecular complexity index is 579. The highest BCUT2D eigenvalue weighted by molar-refractivity contribution is 7.89. The minimum atomic E-state index is -3.58. The number of aryl methyl sites for hydroxylation is 2. The Balaban J connectivity index is 2.20. The van der Waals surface area contributed by atoms with Crippen molar-refractivity contribution in [2.75, 3.05) is 0 Å². The molecule has 0 fully saturated rings. The lowest BCUT2D eigenvalue weighted by atomic mass is 10.4. The SMILES string of the molecule is Cc1noc(C)c1S(=O)(=O)NCc1ccc[nH]1. The molecular weight excluding hydrogens is 242 g/mol. The summed E-state index contributed by atoms with van der Waals surface area (Å²) in [5.74, 6) is 0.293. The molecule has 0 radical (unpaired) electrons. The third kappa shape index (κ3) is 2.40. The van der Waals surface area contributed by atoms with Gasteiger partial charge in [-0.3, -0.25) is 0 Å². The van der Waals surface area contributed by atoms with Crippen molar-refractivity contribution in [1.82, 2.24) is 14.9 Å². The van der Waals surface area contributed by atoms with Crippen LogP contribution in [0.3, 0.4) is 0 Å². The van der Waals surface area contributed by atoms with E-state index in [1.807, 2.05) is 0 Å². The normalized spacial score (nSPS) is 11.9. The van der Waals surface area contributed by atoms with Crippen LogP contribution >= 0.6 is 0 Å². The van der Waals surface area contributed by atoms with Gasteiger partial charge < -0.3 is 9.51 Å². The maximum atomic E-state index is 12.0. The van der Waals surface area contributed by atoms with Crippen LogP contribution in [-0.2, 0) is 16.6 Å². The average molecular weight is 255 g/mol. The molecule has 0 spiro atoms. The minimum Gasteiger partial charge on any atom is -0.364 e. The molecule has 2 N–H and O–H groups in total. The van der Waals surface area contributed by atoms with Crippen LogP contribution in [0.2, 0.25) is 0 Å². The van der Waals surface area contributed by atoms with E-state index in [0.717, 1.165) is 5.69 Å². The van der Waals surface area contributed by atoms with Crippen molar-refractivity contribution in [2.45, 2.75) is 25.3 Å². The van der Waals surface area contributed by atoms with E-state index in [0.29, 0.717) is 11.5 Å². The summed E-state index contributed by atoms with van der Waals surface area (Å²) in [5, 5.41) is 3.63. The fraction of sp³-hybridized carbons (Fsp3) is 0.300. The summed E-state index contributed by atoms with van der Waals surface area (Å²) in [6.45, 7) is 3.38. The van der Waals surface area contributed by atoms with Crippen molar-refractivity contribution in [3.8, 4) is 0 Å². The molecule has 2 aromatic rings. The fourth-order valence-corrected chi connectivity index (χ4v) is 2.91. The average Bonchev–Trinajstić information content (AvgIpc) is 2.86. The molecule has 0 amide bonds. The van der Waals surface area contributed by atoms with Gasteiger partial charge in [-0.25, -0.2) is 13.1 Å². The number of sulfonamides is 1. The second-order valence-corrected chi connectivity index (χ2v) is 5.38. The van der Waals surface area contributed by atoms with Gasteiger partial charge >= 0.3 is 0 Å². The summed E-state index contributed by atoms with van der Waals surface area (Å²) >= 11 is 0. The van der Waals surface area contributed by atoms with Crippen LogP contribution in [0.4, 0.5) is 0 Å². The Morgan fingerprint density at radius 1 is 1.47 bits per heavy atom. The number of aromatic amines is 1. The quantitative estimate of drug-likeness (QED) is 0.856. The summed E-state index contributed by atoms with van der Waals surface area (Å²) in [4.78, 5) is 3.03. The molecule has 2 heterocycles. The van der Waals surface area contributed by atoms with Crippen LogP contribution < -0.4 is 4.72 Å². The van der Waals surface area contributed by atoms with E-state index in [4.69, 9.17) is 4.52 Å². The summed E-state index contributed by atoms with van der Waals surface area (Å²) in [7, 11) is -3.58. The number of H-pyrrole nitrogens is 1. The number of aromatic nitrogens is 2. The van der Waals surface area contributed by atoms with Gasteiger partial charge in [0, 0.05) is 11.9 Å². The third-order valence-corrected chi connectivity index (χ3v) is 4.00. The third-order valence-electron chi connectivity index (χ3n) is 2.35. The molecule has 0 unspecified atom stereocenters. The van der Waals surface area contributed by atoms with Crippen molar-refractivity contribution < 1.29 is 12.9 Å². The Labute approximate surface area is 99.1 Å². The minimum absolute atomic E-state index is 0.115. The van der Waals surface area contributed by atoms with Gasteiger partial charge in [0.2, 0.25) is 10.0 Å². The highest BCUT2D eigenvalue weighted by Crippen LogP contribution is 2.18. The maximum absolute atomic E-state index is 12.0. The summed E-state index contributed by atoms with van der Waals surface area (Å²) in [6.07, 6.45) is 1.74. The van der Waals surface area contributed by atoms with Gasteiger partial charge in [0.25, 0.3) is 0 Å². The predicted octanol–water partition coefficient (Wildman–Crippen LogP) is 1.10. The molecule has 6 nitrogen and oxygen atoms in total. The van der Waals surface area contributed by atoms with Crippen LogP contribution in [0.25, 0.3) is 0 Å². The molecule has 0 saturated heterocycles. The highest BCUT2D eigenvalue weighted by atomic mass is 32.2. The van der Waals surface area contributed by atoms with Gasteiger partial charge in [-0.1, -0.05) is 5.16 Å². The number of nitrogens with one attached hydrogen (secondary N) is 2. The molecule has 0 aliphatic heterocycles. The Hall–Kier alpha value is -1.60. The first-order valence-corrected chi connectivity index (χ1v) is 6.54. The van der Waals surface area contributed by atoms with Crippen molar-refractivity contribution >= 4 is 10.0 Å². The molecule has 0 atom stereocenters. The largest absolute Gasteiger partial charge is 0.364 e. The van der Waals surface area contributed by atoms with Crippen molar-refractivity contribution in [1.29, 1.82) is 0 Å². The zero-order chi connectivity index (χ0) is 12.5. The Morgan fingerprint density at radius 3 is 2.76 bits per heavy atom. The van der Waals surface area contributed by atoms with Crippen LogP contribution in [0.5, 0.6) is 0 Å². The highest BCUT2D eigenvalue weighted by Gasteiger charge is 2.23. The monoisotopic (exact) mass is 255 g/mol. The van der Waals surface area contributed by atoms with Gasteiger partial charge in [0.05, 0.1) is 6.54 Å². The first-order chi connectivity index (χ1) is 8.00. The lowest BCUT2D eigenvalue weighted by Gasteiger charge is -2.04. The van der Waals surface area contributed by atoms with Crippen LogP contribution in [0.15, 0.2) is 27.7 Å². The number of hydrogen-bond donors (Lipinski definition) is 2. The Morgan fingerprint density at radius 2 is 2.24 bits per heavy atom. The molecule has 0 aromatic carbocycles. The maximum Gasteiger partial charge on any atom is 0.246 e. The first kappa shape index (κ1) is 11.9. The van der Waals surface area contributed by atoms with E-state index in [-0.39, 0.29) is 11.4 Å². The molecule has 92 valence electrons. The molecule has 0 saturated carbocycles. The summed E-state index contributed by atoms with van der Waals surface area (Å²) in [6, 6.07) is 3.61. The van der Waals surface area contributed by atoms with Crippen LogP contribution in [-0.4, -0.2) is 18.6 Å². The van der Waals surface area contributed by atoms with E-state index in [2.05, 4.69) is 14.9 Å². The van der Waals surface area contributed by atoms with Gasteiger partial charge in [-0.2, -0.15) is 0 Å². The summed E-state index contributed by atoms with van der Waals surface area (Å²) < 4.78 is 31.3. The second kappa shape index (κ2) is 4.34. The zero-order valence-corrected chi connectivity index (χ0v) is 10.3. The van der Waals surface area contributed by atoms with Crippen LogP contribution in [0.1, 0.15) is 17.1 Å². The lowest BCUT2D eigenvalue weighted by Crippen LogP contribution is -2.24. The lowest BCUT2D eigenvalue weighted by molar-refractivity contribution is 0.390. The van der Waals surface area contributed by atoms with E-state index >= 15 is 0 Å². The molecule has 2 rings (SSSR count). The summed E-state index contributed by atoms with van der Waals surface area (Å²) in [5.41, 5.74) is 1.15. The topological polar surface area (TPSA) is 88.0 Å². The zero-order valence-electron chi connectivity index (χ0n) is 9.52. The number of rotatable bonds is 4.